The fourth-order valence-electron chi connectivity index (χ4n) is 6.06. The lowest BCUT2D eigenvalue weighted by Gasteiger charge is -2.61. The van der Waals surface area contributed by atoms with E-state index in [0.29, 0.717) is 38.5 Å². The zero-order valence-corrected chi connectivity index (χ0v) is 20.8. The highest BCUT2D eigenvalue weighted by atomic mass is 32.2. The summed E-state index contributed by atoms with van der Waals surface area (Å²) < 4.78 is 34.6. The van der Waals surface area contributed by atoms with Crippen LogP contribution >= 0.6 is 0 Å². The van der Waals surface area contributed by atoms with Crippen molar-refractivity contribution in [1.82, 2.24) is 24.1 Å². The SMILES string of the molecule is Cn1cc(S(=O)(=O)N2CCC(Nc3ncc(C#N)c(OCC4(C)CC5(CC(O)C5)C4)n3)CC2)cn1. The number of aryl methyl sites for hydroxylation is 1. The standard InChI is InChI=1S/C23H31N7O4S/c1-22(13-23(14-22)7-18(31)8-23)15-34-20-16(9-24)10-25-21(28-20)27-17-3-5-30(6-4-17)35(32,33)19-11-26-29(2)12-19/h10-12,17-18,31H,3-8,13-15H2,1-2H3,(H,25,27,28). The number of hydrogen-bond donors (Lipinski definition) is 2. The van der Waals surface area contributed by atoms with Crippen molar-refractivity contribution in [3.63, 3.8) is 0 Å². The predicted octanol–water partition coefficient (Wildman–Crippen LogP) is 1.67. The van der Waals surface area contributed by atoms with Gasteiger partial charge in [-0.2, -0.15) is 19.6 Å². The number of aliphatic hydroxyl groups is 1. The van der Waals surface area contributed by atoms with Crippen LogP contribution < -0.4 is 10.1 Å². The molecular weight excluding hydrogens is 470 g/mol. The predicted molar refractivity (Wildman–Crippen MR) is 126 cm³/mol. The molecule has 2 saturated carbocycles. The second-order valence-corrected chi connectivity index (χ2v) is 12.6. The normalized spacial score (nSPS) is 29.3. The van der Waals surface area contributed by atoms with Crippen LogP contribution in [-0.2, 0) is 17.1 Å². The lowest BCUT2D eigenvalue weighted by molar-refractivity contribution is -0.158. The lowest BCUT2D eigenvalue weighted by Crippen LogP contribution is -2.56. The molecule has 3 fully saturated rings. The number of piperidine rings is 1. The number of aromatic nitrogens is 4. The largest absolute Gasteiger partial charge is 0.476 e. The molecule has 1 spiro atoms. The van der Waals surface area contributed by atoms with E-state index in [-0.39, 0.29) is 39.3 Å². The number of aliphatic hydroxyl groups excluding tert-OH is 1. The minimum Gasteiger partial charge on any atom is -0.476 e. The highest BCUT2D eigenvalue weighted by molar-refractivity contribution is 7.89. The molecule has 2 aliphatic carbocycles. The molecule has 0 atom stereocenters. The summed E-state index contributed by atoms with van der Waals surface area (Å²) in [6.45, 7) is 3.38. The van der Waals surface area contributed by atoms with Gasteiger partial charge in [-0.05, 0) is 43.9 Å². The summed E-state index contributed by atoms with van der Waals surface area (Å²) in [7, 11) is -1.87. The number of ether oxygens (including phenoxy) is 1. The van der Waals surface area contributed by atoms with Crippen molar-refractivity contribution in [2.75, 3.05) is 25.0 Å². The van der Waals surface area contributed by atoms with Crippen LogP contribution in [0.1, 0.15) is 51.0 Å². The molecule has 2 aromatic heterocycles. The van der Waals surface area contributed by atoms with E-state index in [0.717, 1.165) is 25.7 Å². The number of nitrogens with one attached hydrogen (secondary N) is 1. The van der Waals surface area contributed by atoms with E-state index in [1.807, 2.05) is 0 Å². The molecule has 11 nitrogen and oxygen atoms in total. The maximum absolute atomic E-state index is 12.8. The van der Waals surface area contributed by atoms with Crippen molar-refractivity contribution in [2.24, 2.45) is 17.9 Å². The van der Waals surface area contributed by atoms with Crippen LogP contribution in [0.4, 0.5) is 5.95 Å². The first-order valence-electron chi connectivity index (χ1n) is 11.9. The highest BCUT2D eigenvalue weighted by Crippen LogP contribution is 2.64. The van der Waals surface area contributed by atoms with Crippen LogP contribution in [0.3, 0.4) is 0 Å². The molecule has 0 unspecified atom stereocenters. The van der Waals surface area contributed by atoms with Gasteiger partial charge in [0.2, 0.25) is 21.9 Å². The second kappa shape index (κ2) is 8.72. The second-order valence-electron chi connectivity index (χ2n) is 10.7. The van der Waals surface area contributed by atoms with Gasteiger partial charge in [-0.15, -0.1) is 0 Å². The molecule has 12 heteroatoms. The fraction of sp³-hybridized carbons (Fsp3) is 0.652. The van der Waals surface area contributed by atoms with E-state index in [4.69, 9.17) is 4.74 Å². The average molecular weight is 502 g/mol. The molecule has 1 aliphatic heterocycles. The van der Waals surface area contributed by atoms with E-state index in [9.17, 15) is 18.8 Å². The Balaban J connectivity index is 1.17. The Morgan fingerprint density at radius 3 is 2.60 bits per heavy atom. The number of nitriles is 1. The molecule has 0 bridgehead atoms. The van der Waals surface area contributed by atoms with Crippen molar-refractivity contribution >= 4 is 16.0 Å². The van der Waals surface area contributed by atoms with E-state index in [1.165, 1.54) is 27.6 Å². The van der Waals surface area contributed by atoms with Gasteiger partial charge < -0.3 is 15.2 Å². The molecule has 0 aromatic carbocycles. The first-order chi connectivity index (χ1) is 16.6. The van der Waals surface area contributed by atoms with Crippen molar-refractivity contribution in [3.05, 3.63) is 24.2 Å². The van der Waals surface area contributed by atoms with Crippen molar-refractivity contribution in [1.29, 1.82) is 5.26 Å². The molecule has 1 saturated heterocycles. The molecule has 35 heavy (non-hydrogen) atoms. The monoisotopic (exact) mass is 501 g/mol. The Kier molecular flexibility index (Phi) is 5.97. The quantitative estimate of drug-likeness (QED) is 0.578. The van der Waals surface area contributed by atoms with Gasteiger partial charge in [0.25, 0.3) is 0 Å². The Morgan fingerprint density at radius 2 is 2.00 bits per heavy atom. The minimum absolute atomic E-state index is 0.00480. The molecular formula is C23H31N7O4S. The Labute approximate surface area is 205 Å². The molecule has 0 amide bonds. The Hall–Kier alpha value is -2.75. The van der Waals surface area contributed by atoms with Crippen LogP contribution in [0.25, 0.3) is 0 Å². The van der Waals surface area contributed by atoms with E-state index in [1.54, 1.807) is 7.05 Å². The van der Waals surface area contributed by atoms with Gasteiger partial charge in [-0.1, -0.05) is 6.92 Å². The Morgan fingerprint density at radius 1 is 1.29 bits per heavy atom. The number of hydrogen-bond acceptors (Lipinski definition) is 9. The van der Waals surface area contributed by atoms with E-state index < -0.39 is 10.0 Å². The summed E-state index contributed by atoms with van der Waals surface area (Å²) in [5, 5.41) is 26.3. The summed E-state index contributed by atoms with van der Waals surface area (Å²) in [6, 6.07) is 2.10. The topological polar surface area (TPSA) is 146 Å². The zero-order chi connectivity index (χ0) is 24.8. The zero-order valence-electron chi connectivity index (χ0n) is 20.0. The van der Waals surface area contributed by atoms with Crippen LogP contribution in [0.2, 0.25) is 0 Å². The molecule has 2 aromatic rings. The van der Waals surface area contributed by atoms with Crippen molar-refractivity contribution in [2.45, 2.75) is 62.5 Å². The lowest BCUT2D eigenvalue weighted by atomic mass is 9.45. The van der Waals surface area contributed by atoms with Gasteiger partial charge in [0, 0.05) is 37.8 Å². The molecule has 5 rings (SSSR count). The van der Waals surface area contributed by atoms with E-state index in [2.05, 4.69) is 33.4 Å². The third-order valence-electron chi connectivity index (χ3n) is 7.48. The summed E-state index contributed by atoms with van der Waals surface area (Å²) in [5.74, 6) is 0.627. The summed E-state index contributed by atoms with van der Waals surface area (Å²) in [4.78, 5) is 8.91. The molecule has 3 heterocycles. The van der Waals surface area contributed by atoms with Gasteiger partial charge in [0.1, 0.15) is 16.5 Å². The van der Waals surface area contributed by atoms with Gasteiger partial charge in [0.15, 0.2) is 0 Å². The van der Waals surface area contributed by atoms with Crippen molar-refractivity contribution < 1.29 is 18.3 Å². The first-order valence-corrected chi connectivity index (χ1v) is 13.4. The number of sulfonamides is 1. The molecule has 2 N–H and O–H groups in total. The number of anilines is 1. The van der Waals surface area contributed by atoms with Gasteiger partial charge in [0.05, 0.1) is 25.1 Å². The maximum atomic E-state index is 12.8. The van der Waals surface area contributed by atoms with Crippen LogP contribution in [-0.4, -0.2) is 69.4 Å². The smallest absolute Gasteiger partial charge is 0.246 e. The van der Waals surface area contributed by atoms with Gasteiger partial charge in [-0.25, -0.2) is 13.4 Å². The summed E-state index contributed by atoms with van der Waals surface area (Å²) in [6.07, 6.45) is 9.13. The third kappa shape index (κ3) is 4.72. The third-order valence-corrected chi connectivity index (χ3v) is 9.33. The number of rotatable bonds is 7. The van der Waals surface area contributed by atoms with Crippen LogP contribution in [0.15, 0.2) is 23.5 Å². The van der Waals surface area contributed by atoms with Gasteiger partial charge >= 0.3 is 0 Å². The molecule has 0 radical (unpaired) electrons. The maximum Gasteiger partial charge on any atom is 0.246 e. The van der Waals surface area contributed by atoms with Gasteiger partial charge in [-0.3, -0.25) is 4.68 Å². The Bertz CT molecular complexity index is 1230. The molecule has 3 aliphatic rings. The minimum atomic E-state index is -3.56. The first kappa shape index (κ1) is 24.0. The van der Waals surface area contributed by atoms with E-state index >= 15 is 0 Å². The fourth-order valence-corrected chi connectivity index (χ4v) is 7.51. The van der Waals surface area contributed by atoms with Crippen LogP contribution in [0, 0.1) is 22.2 Å². The average Bonchev–Trinajstić information content (AvgIpc) is 3.23. The highest BCUT2D eigenvalue weighted by Gasteiger charge is 2.58. The summed E-state index contributed by atoms with van der Waals surface area (Å²) >= 11 is 0. The van der Waals surface area contributed by atoms with Crippen LogP contribution in [0.5, 0.6) is 5.88 Å². The summed E-state index contributed by atoms with van der Waals surface area (Å²) in [5.41, 5.74) is 0.565. The van der Waals surface area contributed by atoms with Crippen molar-refractivity contribution in [3.8, 4) is 11.9 Å². The molecule has 188 valence electrons. The number of nitrogens with zero attached hydrogens (tertiary/aromatic N) is 6.